The Morgan fingerprint density at radius 2 is 1.91 bits per heavy atom. The zero-order valence-corrected chi connectivity index (χ0v) is 22.2. The van der Waals surface area contributed by atoms with Gasteiger partial charge in [-0.2, -0.15) is 5.26 Å². The van der Waals surface area contributed by atoms with Crippen LogP contribution in [0.25, 0.3) is 0 Å². The van der Waals surface area contributed by atoms with Crippen LogP contribution in [0.3, 0.4) is 0 Å². The number of amides is 1. The minimum absolute atomic E-state index is 0.0692. The normalized spacial score (nSPS) is 15.4. The first-order valence-corrected chi connectivity index (χ1v) is 13.8. The van der Waals surface area contributed by atoms with E-state index in [1.54, 1.807) is 11.3 Å². The third-order valence-corrected chi connectivity index (χ3v) is 8.66. The number of rotatable bonds is 7. The maximum absolute atomic E-state index is 13.2. The van der Waals surface area contributed by atoms with Crippen LogP contribution in [0, 0.1) is 17.2 Å². The van der Waals surface area contributed by atoms with E-state index >= 15 is 0 Å². The Bertz CT molecular complexity index is 1250. The van der Waals surface area contributed by atoms with E-state index in [2.05, 4.69) is 28.9 Å². The Hall–Kier alpha value is -2.86. The highest BCUT2D eigenvalue weighted by atomic mass is 32.2. The lowest BCUT2D eigenvalue weighted by atomic mass is 9.88. The van der Waals surface area contributed by atoms with E-state index in [1.165, 1.54) is 16.6 Å². The molecule has 2 aromatic carbocycles. The van der Waals surface area contributed by atoms with Gasteiger partial charge in [-0.15, -0.1) is 23.1 Å². The first-order chi connectivity index (χ1) is 17.0. The number of hydrogen-bond acceptors (Lipinski definition) is 5. The highest BCUT2D eigenvalue weighted by Gasteiger charge is 2.26. The molecular formula is C27H28N4OS3. The van der Waals surface area contributed by atoms with Gasteiger partial charge in [0.15, 0.2) is 5.11 Å². The molecule has 0 radical (unpaired) electrons. The van der Waals surface area contributed by atoms with Crippen molar-refractivity contribution in [3.63, 3.8) is 0 Å². The lowest BCUT2D eigenvalue weighted by Crippen LogP contribution is -2.24. The summed E-state index contributed by atoms with van der Waals surface area (Å²) in [6.07, 6.45) is 3.66. The van der Waals surface area contributed by atoms with Crippen LogP contribution in [0.4, 0.5) is 16.4 Å². The standard InChI is InChI=1S/C27H28N4OS3/c1-3-23(25(32)31-26-22(16-28)21-13-12-17(2)14-24(21)35-26)34-20-11-7-10-19(15-20)30-27(33)29-18-8-5-4-6-9-18/h4-11,15,17,23H,3,12-14H2,1-2H3,(H,31,32)(H2,29,30,33). The third-order valence-electron chi connectivity index (χ3n) is 5.93. The number of para-hydroxylation sites is 1. The van der Waals surface area contributed by atoms with Gasteiger partial charge in [0.2, 0.25) is 5.91 Å². The van der Waals surface area contributed by atoms with Crippen molar-refractivity contribution in [1.29, 1.82) is 5.26 Å². The van der Waals surface area contributed by atoms with Crippen LogP contribution in [0.5, 0.6) is 0 Å². The van der Waals surface area contributed by atoms with Gasteiger partial charge in [-0.3, -0.25) is 4.79 Å². The summed E-state index contributed by atoms with van der Waals surface area (Å²) in [6, 6.07) is 20.0. The van der Waals surface area contributed by atoms with Crippen LogP contribution in [-0.4, -0.2) is 16.3 Å². The molecule has 0 bridgehead atoms. The Balaban J connectivity index is 1.41. The molecule has 180 valence electrons. The average Bonchev–Trinajstić information content (AvgIpc) is 3.18. The third kappa shape index (κ3) is 6.43. The number of carbonyl (C=O) groups is 1. The number of thiophene rings is 1. The number of nitrogens with zero attached hydrogens (tertiary/aromatic N) is 1. The molecule has 0 saturated heterocycles. The van der Waals surface area contributed by atoms with E-state index in [-0.39, 0.29) is 11.2 Å². The van der Waals surface area contributed by atoms with Crippen molar-refractivity contribution in [1.82, 2.24) is 0 Å². The smallest absolute Gasteiger partial charge is 0.238 e. The summed E-state index contributed by atoms with van der Waals surface area (Å²) in [6.45, 7) is 4.24. The van der Waals surface area contributed by atoms with Gasteiger partial charge >= 0.3 is 0 Å². The lowest BCUT2D eigenvalue weighted by Gasteiger charge is -2.17. The van der Waals surface area contributed by atoms with Crippen molar-refractivity contribution >= 4 is 62.7 Å². The van der Waals surface area contributed by atoms with Crippen LogP contribution in [0.1, 0.15) is 42.7 Å². The molecule has 0 saturated carbocycles. The number of hydrogen-bond donors (Lipinski definition) is 3. The highest BCUT2D eigenvalue weighted by Crippen LogP contribution is 2.39. The Morgan fingerprint density at radius 3 is 2.66 bits per heavy atom. The number of carbonyl (C=O) groups excluding carboxylic acids is 1. The van der Waals surface area contributed by atoms with Crippen molar-refractivity contribution in [2.75, 3.05) is 16.0 Å². The van der Waals surface area contributed by atoms with Gasteiger partial charge in [0, 0.05) is 21.1 Å². The van der Waals surface area contributed by atoms with Crippen LogP contribution in [0.15, 0.2) is 59.5 Å². The zero-order valence-electron chi connectivity index (χ0n) is 19.8. The molecule has 1 aliphatic carbocycles. The fraction of sp³-hybridized carbons (Fsp3) is 0.296. The number of thiocarbonyl (C=S) groups is 1. The van der Waals surface area contributed by atoms with E-state index in [9.17, 15) is 10.1 Å². The fourth-order valence-corrected chi connectivity index (χ4v) is 6.71. The van der Waals surface area contributed by atoms with E-state index < -0.39 is 0 Å². The molecule has 3 N–H and O–H groups in total. The summed E-state index contributed by atoms with van der Waals surface area (Å²) >= 11 is 8.52. The second kappa shape index (κ2) is 11.7. The van der Waals surface area contributed by atoms with Crippen molar-refractivity contribution in [2.24, 2.45) is 5.92 Å². The largest absolute Gasteiger partial charge is 0.332 e. The summed E-state index contributed by atoms with van der Waals surface area (Å²) in [7, 11) is 0. The monoisotopic (exact) mass is 520 g/mol. The van der Waals surface area contributed by atoms with Crippen LogP contribution >= 0.6 is 35.3 Å². The first-order valence-electron chi connectivity index (χ1n) is 11.7. The molecule has 2 unspecified atom stereocenters. The molecule has 2 atom stereocenters. The minimum atomic E-state index is -0.274. The number of thioether (sulfide) groups is 1. The zero-order chi connectivity index (χ0) is 24.8. The summed E-state index contributed by atoms with van der Waals surface area (Å²) in [5, 5.41) is 20.1. The summed E-state index contributed by atoms with van der Waals surface area (Å²) in [4.78, 5) is 15.4. The number of benzene rings is 2. The summed E-state index contributed by atoms with van der Waals surface area (Å²) < 4.78 is 0. The topological polar surface area (TPSA) is 76.9 Å². The molecule has 0 spiro atoms. The molecular weight excluding hydrogens is 493 g/mol. The van der Waals surface area contributed by atoms with Gasteiger partial charge < -0.3 is 16.0 Å². The van der Waals surface area contributed by atoms with Crippen molar-refractivity contribution in [3.05, 3.63) is 70.6 Å². The molecule has 8 heteroatoms. The van der Waals surface area contributed by atoms with Gasteiger partial charge in [-0.25, -0.2) is 0 Å². The minimum Gasteiger partial charge on any atom is -0.332 e. The second-order valence-electron chi connectivity index (χ2n) is 8.64. The first kappa shape index (κ1) is 25.2. The predicted octanol–water partition coefficient (Wildman–Crippen LogP) is 7.06. The molecule has 1 aromatic heterocycles. The number of nitriles is 1. The molecule has 3 aromatic rings. The molecule has 1 heterocycles. The predicted molar refractivity (Wildman–Crippen MR) is 152 cm³/mol. The molecule has 5 nitrogen and oxygen atoms in total. The van der Waals surface area contributed by atoms with Crippen molar-refractivity contribution in [2.45, 2.75) is 49.7 Å². The molecule has 0 fully saturated rings. The van der Waals surface area contributed by atoms with Gasteiger partial charge in [-0.1, -0.05) is 38.1 Å². The summed E-state index contributed by atoms with van der Waals surface area (Å²) in [5.41, 5.74) is 3.55. The Morgan fingerprint density at radius 1 is 1.17 bits per heavy atom. The molecule has 35 heavy (non-hydrogen) atoms. The van der Waals surface area contributed by atoms with Crippen LogP contribution < -0.4 is 16.0 Å². The Labute approximate surface area is 220 Å². The fourth-order valence-electron chi connectivity index (χ4n) is 4.10. The van der Waals surface area contributed by atoms with Gasteiger partial charge in [0.1, 0.15) is 11.1 Å². The maximum atomic E-state index is 13.2. The maximum Gasteiger partial charge on any atom is 0.238 e. The highest BCUT2D eigenvalue weighted by molar-refractivity contribution is 8.00. The number of fused-ring (bicyclic) bond motifs is 1. The van der Waals surface area contributed by atoms with Crippen molar-refractivity contribution < 1.29 is 4.79 Å². The molecule has 0 aliphatic heterocycles. The van der Waals surface area contributed by atoms with E-state index in [0.29, 0.717) is 28.0 Å². The average molecular weight is 521 g/mol. The van der Waals surface area contributed by atoms with E-state index in [0.717, 1.165) is 41.1 Å². The number of anilines is 3. The van der Waals surface area contributed by atoms with Crippen molar-refractivity contribution in [3.8, 4) is 6.07 Å². The molecule has 4 rings (SSSR count). The lowest BCUT2D eigenvalue weighted by molar-refractivity contribution is -0.115. The quantitative estimate of drug-likeness (QED) is 0.229. The van der Waals surface area contributed by atoms with Gasteiger partial charge in [-0.05, 0) is 79.7 Å². The van der Waals surface area contributed by atoms with E-state index in [4.69, 9.17) is 12.2 Å². The molecule has 1 aliphatic rings. The van der Waals surface area contributed by atoms with Crippen LogP contribution in [0.2, 0.25) is 0 Å². The van der Waals surface area contributed by atoms with Gasteiger partial charge in [0.25, 0.3) is 0 Å². The second-order valence-corrected chi connectivity index (χ2v) is 11.4. The molecule has 1 amide bonds. The van der Waals surface area contributed by atoms with E-state index in [1.807, 2.05) is 61.5 Å². The van der Waals surface area contributed by atoms with Crippen LogP contribution in [-0.2, 0) is 17.6 Å². The number of nitrogens with one attached hydrogen (secondary N) is 3. The SMILES string of the molecule is CCC(Sc1cccc(NC(=S)Nc2ccccc2)c1)C(=O)Nc1sc2c(c1C#N)CCC(C)C2. The summed E-state index contributed by atoms with van der Waals surface area (Å²) in [5.74, 6) is 0.548. The van der Waals surface area contributed by atoms with Gasteiger partial charge in [0.05, 0.1) is 10.8 Å². The Kier molecular flexibility index (Phi) is 8.45.